The molecule has 0 fully saturated rings. The van der Waals surface area contributed by atoms with Crippen LogP contribution in [-0.2, 0) is 15.8 Å². The summed E-state index contributed by atoms with van der Waals surface area (Å²) in [5, 5.41) is 13.3. The largest absolute Gasteiger partial charge is 0.417 e. The summed E-state index contributed by atoms with van der Waals surface area (Å²) in [5.74, 6) is -1.68. The minimum absolute atomic E-state index is 0.144. The molecule has 9 heteroatoms. The molecule has 2 N–H and O–H groups in total. The van der Waals surface area contributed by atoms with Gasteiger partial charge in [-0.2, -0.15) is 18.4 Å². The monoisotopic (exact) mass is 347 g/mol. The number of rotatable bonds is 4. The molecule has 0 atom stereocenters. The van der Waals surface area contributed by atoms with Crippen LogP contribution in [0.1, 0.15) is 25.0 Å². The number of nitriles is 1. The predicted molar refractivity (Wildman–Crippen MR) is 77.7 cm³/mol. The molecule has 0 unspecified atom stereocenters. The van der Waals surface area contributed by atoms with Crippen molar-refractivity contribution in [1.82, 2.24) is 5.32 Å². The van der Waals surface area contributed by atoms with E-state index in [0.717, 1.165) is 6.07 Å². The molecule has 0 saturated heterocycles. The van der Waals surface area contributed by atoms with E-state index in [9.17, 15) is 22.8 Å². The van der Waals surface area contributed by atoms with E-state index in [0.29, 0.717) is 6.07 Å². The summed E-state index contributed by atoms with van der Waals surface area (Å²) in [6, 6.07) is 4.24. The van der Waals surface area contributed by atoms with Crippen LogP contribution in [0.25, 0.3) is 0 Å². The van der Waals surface area contributed by atoms with Crippen LogP contribution >= 0.6 is 11.6 Å². The van der Waals surface area contributed by atoms with Crippen LogP contribution in [0.2, 0.25) is 0 Å². The van der Waals surface area contributed by atoms with Crippen molar-refractivity contribution in [3.05, 3.63) is 29.3 Å². The summed E-state index contributed by atoms with van der Waals surface area (Å²) >= 11 is 5.33. The molecule has 5 nitrogen and oxygen atoms in total. The second-order valence-electron chi connectivity index (χ2n) is 5.13. The number of alkyl halides is 4. The topological polar surface area (TPSA) is 82.0 Å². The number of carbonyl (C=O) groups excluding carboxylic acids is 2. The van der Waals surface area contributed by atoms with Crippen molar-refractivity contribution in [2.24, 2.45) is 0 Å². The van der Waals surface area contributed by atoms with E-state index in [-0.39, 0.29) is 11.6 Å². The molecule has 124 valence electrons. The summed E-state index contributed by atoms with van der Waals surface area (Å²) in [4.78, 5) is 23.3. The first-order chi connectivity index (χ1) is 10.5. The van der Waals surface area contributed by atoms with Gasteiger partial charge in [0.15, 0.2) is 0 Å². The molecule has 0 heterocycles. The molecule has 0 spiro atoms. The summed E-state index contributed by atoms with van der Waals surface area (Å²) in [5.41, 5.74) is -3.22. The number of halogens is 4. The van der Waals surface area contributed by atoms with Gasteiger partial charge in [0.25, 0.3) is 0 Å². The number of nitrogens with zero attached hydrogens (tertiary/aromatic N) is 1. The highest BCUT2D eigenvalue weighted by atomic mass is 35.5. The highest BCUT2D eigenvalue weighted by Gasteiger charge is 2.35. The van der Waals surface area contributed by atoms with Crippen molar-refractivity contribution in [3.63, 3.8) is 0 Å². The molecule has 0 bridgehead atoms. The number of carbonyl (C=O) groups is 2. The molecule has 0 aliphatic heterocycles. The zero-order chi connectivity index (χ0) is 17.8. The van der Waals surface area contributed by atoms with Gasteiger partial charge in [0.1, 0.15) is 11.4 Å². The van der Waals surface area contributed by atoms with Crippen LogP contribution in [0.3, 0.4) is 0 Å². The Morgan fingerprint density at radius 3 is 2.39 bits per heavy atom. The quantitative estimate of drug-likeness (QED) is 0.821. The van der Waals surface area contributed by atoms with Crippen LogP contribution in [0.5, 0.6) is 0 Å². The molecule has 2 amide bonds. The number of hydrogen-bond donors (Lipinski definition) is 2. The number of amides is 2. The minimum Gasteiger partial charge on any atom is -0.341 e. The average molecular weight is 348 g/mol. The summed E-state index contributed by atoms with van der Waals surface area (Å²) < 4.78 is 38.6. The summed E-state index contributed by atoms with van der Waals surface area (Å²) in [6.45, 7) is 2.75. The van der Waals surface area contributed by atoms with Crippen LogP contribution in [0.15, 0.2) is 18.2 Å². The van der Waals surface area contributed by atoms with Crippen LogP contribution in [0.4, 0.5) is 18.9 Å². The lowest BCUT2D eigenvalue weighted by Crippen LogP contribution is -2.52. The lowest BCUT2D eigenvalue weighted by Gasteiger charge is -2.25. The third kappa shape index (κ3) is 4.86. The smallest absolute Gasteiger partial charge is 0.341 e. The SMILES string of the molecule is CC(C)(NC(=O)CCl)C(=O)Nc1ccc(C#N)c(C(F)(F)F)c1. The van der Waals surface area contributed by atoms with Gasteiger partial charge in [0.2, 0.25) is 11.8 Å². The molecule has 0 radical (unpaired) electrons. The number of anilines is 1. The number of benzene rings is 1. The van der Waals surface area contributed by atoms with E-state index in [1.165, 1.54) is 26.0 Å². The summed E-state index contributed by atoms with van der Waals surface area (Å²) in [6.07, 6.45) is -4.73. The molecular formula is C14H13ClF3N3O2. The van der Waals surface area contributed by atoms with Crippen LogP contribution < -0.4 is 10.6 Å². The van der Waals surface area contributed by atoms with Crippen molar-refractivity contribution in [2.75, 3.05) is 11.2 Å². The van der Waals surface area contributed by atoms with Crippen molar-refractivity contribution in [2.45, 2.75) is 25.6 Å². The fourth-order valence-corrected chi connectivity index (χ4v) is 1.75. The third-order valence-corrected chi connectivity index (χ3v) is 3.09. The Kier molecular flexibility index (Phi) is 5.61. The average Bonchev–Trinajstić information content (AvgIpc) is 2.45. The standard InChI is InChI=1S/C14H13ClF3N3O2/c1-13(2,21-11(22)6-15)12(23)20-9-4-3-8(7-19)10(5-9)14(16,17)18/h3-5H,6H2,1-2H3,(H,20,23)(H,21,22). The molecule has 0 saturated carbocycles. The summed E-state index contributed by atoms with van der Waals surface area (Å²) in [7, 11) is 0. The lowest BCUT2D eigenvalue weighted by molar-refractivity contribution is -0.137. The van der Waals surface area contributed by atoms with Gasteiger partial charge in [0.05, 0.1) is 17.2 Å². The second kappa shape index (κ2) is 6.87. The Bertz CT molecular complexity index is 666. The van der Waals surface area contributed by atoms with Gasteiger partial charge in [-0.3, -0.25) is 9.59 Å². The number of nitrogens with one attached hydrogen (secondary N) is 2. The van der Waals surface area contributed by atoms with Gasteiger partial charge in [0, 0.05) is 5.69 Å². The zero-order valence-corrected chi connectivity index (χ0v) is 13.0. The van der Waals surface area contributed by atoms with E-state index in [4.69, 9.17) is 16.9 Å². The van der Waals surface area contributed by atoms with E-state index in [1.54, 1.807) is 0 Å². The first-order valence-electron chi connectivity index (χ1n) is 6.31. The van der Waals surface area contributed by atoms with Crippen molar-refractivity contribution < 1.29 is 22.8 Å². The van der Waals surface area contributed by atoms with E-state index in [2.05, 4.69) is 10.6 Å². The molecule has 1 aromatic carbocycles. The molecule has 0 aliphatic rings. The second-order valence-corrected chi connectivity index (χ2v) is 5.40. The Hall–Kier alpha value is -2.27. The maximum Gasteiger partial charge on any atom is 0.417 e. The van der Waals surface area contributed by atoms with Gasteiger partial charge < -0.3 is 10.6 Å². The van der Waals surface area contributed by atoms with Crippen LogP contribution in [-0.4, -0.2) is 23.2 Å². The third-order valence-electron chi connectivity index (χ3n) is 2.84. The Morgan fingerprint density at radius 2 is 1.91 bits per heavy atom. The molecule has 1 aromatic rings. The van der Waals surface area contributed by atoms with Crippen LogP contribution in [0, 0.1) is 11.3 Å². The highest BCUT2D eigenvalue weighted by Crippen LogP contribution is 2.33. The lowest BCUT2D eigenvalue weighted by atomic mass is 10.0. The number of hydrogen-bond acceptors (Lipinski definition) is 3. The van der Waals surface area contributed by atoms with Gasteiger partial charge >= 0.3 is 6.18 Å². The van der Waals surface area contributed by atoms with E-state index >= 15 is 0 Å². The van der Waals surface area contributed by atoms with E-state index in [1.807, 2.05) is 0 Å². The minimum atomic E-state index is -4.73. The zero-order valence-electron chi connectivity index (χ0n) is 12.2. The van der Waals surface area contributed by atoms with Gasteiger partial charge in [-0.25, -0.2) is 0 Å². The van der Waals surface area contributed by atoms with Crippen molar-refractivity contribution in [1.29, 1.82) is 5.26 Å². The Labute approximate surface area is 135 Å². The molecule has 0 aliphatic carbocycles. The van der Waals surface area contributed by atoms with Crippen molar-refractivity contribution >= 4 is 29.1 Å². The Morgan fingerprint density at radius 1 is 1.30 bits per heavy atom. The van der Waals surface area contributed by atoms with Gasteiger partial charge in [-0.15, -0.1) is 11.6 Å². The predicted octanol–water partition coefficient (Wildman–Crippen LogP) is 2.65. The Balaban J connectivity index is 3.04. The van der Waals surface area contributed by atoms with E-state index < -0.39 is 34.7 Å². The molecule has 23 heavy (non-hydrogen) atoms. The molecular weight excluding hydrogens is 335 g/mol. The van der Waals surface area contributed by atoms with Crippen molar-refractivity contribution in [3.8, 4) is 6.07 Å². The normalized spacial score (nSPS) is 11.5. The fourth-order valence-electron chi connectivity index (χ4n) is 1.68. The first-order valence-corrected chi connectivity index (χ1v) is 6.84. The van der Waals surface area contributed by atoms with Gasteiger partial charge in [-0.1, -0.05) is 0 Å². The highest BCUT2D eigenvalue weighted by molar-refractivity contribution is 6.27. The van der Waals surface area contributed by atoms with Gasteiger partial charge in [-0.05, 0) is 32.0 Å². The molecule has 0 aromatic heterocycles. The molecule has 1 rings (SSSR count). The maximum absolute atomic E-state index is 12.9. The maximum atomic E-state index is 12.9. The first kappa shape index (κ1) is 18.8. The fraction of sp³-hybridized carbons (Fsp3) is 0.357.